The van der Waals surface area contributed by atoms with Crippen LogP contribution in [-0.2, 0) is 15.8 Å². The van der Waals surface area contributed by atoms with Gasteiger partial charge in [0.15, 0.2) is 0 Å². The number of rotatable bonds is 5. The lowest BCUT2D eigenvalue weighted by atomic mass is 10.2. The summed E-state index contributed by atoms with van der Waals surface area (Å²) in [5.41, 5.74) is 1.60. The number of hydrogen-bond donors (Lipinski definition) is 1. The fourth-order valence-electron chi connectivity index (χ4n) is 1.77. The zero-order valence-corrected chi connectivity index (χ0v) is 12.2. The highest BCUT2D eigenvalue weighted by Crippen LogP contribution is 2.17. The van der Waals surface area contributed by atoms with E-state index in [2.05, 4.69) is 4.72 Å². The number of nitrogens with one attached hydrogen (secondary N) is 1. The maximum absolute atomic E-state index is 12.1. The van der Waals surface area contributed by atoms with Crippen molar-refractivity contribution in [1.82, 2.24) is 0 Å². The van der Waals surface area contributed by atoms with E-state index >= 15 is 0 Å². The zero-order valence-electron chi connectivity index (χ0n) is 11.4. The molecule has 0 spiro atoms. The summed E-state index contributed by atoms with van der Waals surface area (Å²) in [5.74, 6) is 0.509. The molecular weight excluding hydrogens is 288 g/mol. The predicted octanol–water partition coefficient (Wildman–Crippen LogP) is 2.51. The quantitative estimate of drug-likeness (QED) is 0.920. The van der Waals surface area contributed by atoms with Crippen molar-refractivity contribution in [2.45, 2.75) is 5.75 Å². The van der Waals surface area contributed by atoms with Crippen molar-refractivity contribution < 1.29 is 13.2 Å². The number of benzene rings is 2. The first-order valence-corrected chi connectivity index (χ1v) is 7.81. The SMILES string of the molecule is COc1ccc(NS(=O)(=O)Cc2ccc(C#N)cc2)cc1. The molecular formula is C15H14N2O3S. The maximum atomic E-state index is 12.1. The smallest absolute Gasteiger partial charge is 0.236 e. The molecule has 1 N–H and O–H groups in total. The highest BCUT2D eigenvalue weighted by atomic mass is 32.2. The van der Waals surface area contributed by atoms with E-state index in [9.17, 15) is 8.42 Å². The summed E-state index contributed by atoms with van der Waals surface area (Å²) in [6.45, 7) is 0. The molecule has 0 aliphatic carbocycles. The molecule has 0 aliphatic heterocycles. The number of ether oxygens (including phenoxy) is 1. The van der Waals surface area contributed by atoms with E-state index in [4.69, 9.17) is 10.00 Å². The van der Waals surface area contributed by atoms with Gasteiger partial charge >= 0.3 is 0 Å². The average molecular weight is 302 g/mol. The van der Waals surface area contributed by atoms with E-state index in [1.807, 2.05) is 6.07 Å². The maximum Gasteiger partial charge on any atom is 0.236 e. The van der Waals surface area contributed by atoms with Crippen molar-refractivity contribution >= 4 is 15.7 Å². The highest BCUT2D eigenvalue weighted by Gasteiger charge is 2.11. The molecule has 108 valence electrons. The minimum Gasteiger partial charge on any atom is -0.497 e. The third-order valence-corrected chi connectivity index (χ3v) is 4.06. The number of sulfonamides is 1. The van der Waals surface area contributed by atoms with Crippen LogP contribution >= 0.6 is 0 Å². The normalized spacial score (nSPS) is 10.7. The summed E-state index contributed by atoms with van der Waals surface area (Å²) >= 11 is 0. The molecule has 0 saturated carbocycles. The van der Waals surface area contributed by atoms with E-state index in [1.54, 1.807) is 55.6 Å². The van der Waals surface area contributed by atoms with Gasteiger partial charge in [0.05, 0.1) is 24.5 Å². The predicted molar refractivity (Wildman–Crippen MR) is 80.4 cm³/mol. The van der Waals surface area contributed by atoms with Gasteiger partial charge in [-0.3, -0.25) is 4.72 Å². The molecule has 0 fully saturated rings. The lowest BCUT2D eigenvalue weighted by Gasteiger charge is -2.09. The van der Waals surface area contributed by atoms with Gasteiger partial charge in [-0.15, -0.1) is 0 Å². The van der Waals surface area contributed by atoms with E-state index < -0.39 is 10.0 Å². The Balaban J connectivity index is 2.08. The van der Waals surface area contributed by atoms with Crippen LogP contribution in [0.3, 0.4) is 0 Å². The fourth-order valence-corrected chi connectivity index (χ4v) is 2.97. The van der Waals surface area contributed by atoms with Gasteiger partial charge in [-0.2, -0.15) is 5.26 Å². The lowest BCUT2D eigenvalue weighted by molar-refractivity contribution is 0.415. The monoisotopic (exact) mass is 302 g/mol. The molecule has 0 unspecified atom stereocenters. The van der Waals surface area contributed by atoms with Crippen LogP contribution in [0.25, 0.3) is 0 Å². The van der Waals surface area contributed by atoms with Gasteiger partial charge < -0.3 is 4.74 Å². The second-order valence-corrected chi connectivity index (χ2v) is 6.12. The average Bonchev–Trinajstić information content (AvgIpc) is 2.48. The number of anilines is 1. The van der Waals surface area contributed by atoms with Crippen LogP contribution in [0.5, 0.6) is 5.75 Å². The van der Waals surface area contributed by atoms with Crippen LogP contribution in [0, 0.1) is 11.3 Å². The standard InChI is InChI=1S/C15H14N2O3S/c1-20-15-8-6-14(7-9-15)17-21(18,19)11-13-4-2-12(10-16)3-5-13/h2-9,17H,11H2,1H3. The molecule has 2 aromatic rings. The van der Waals surface area contributed by atoms with Crippen LogP contribution in [0.2, 0.25) is 0 Å². The summed E-state index contributed by atoms with van der Waals surface area (Å²) in [6.07, 6.45) is 0. The van der Waals surface area contributed by atoms with Crippen LogP contribution in [0.1, 0.15) is 11.1 Å². The number of methoxy groups -OCH3 is 1. The molecule has 2 aromatic carbocycles. The van der Waals surface area contributed by atoms with Gasteiger partial charge in [0, 0.05) is 5.69 Å². The number of hydrogen-bond acceptors (Lipinski definition) is 4. The van der Waals surface area contributed by atoms with E-state index in [0.29, 0.717) is 22.6 Å². The molecule has 2 rings (SSSR count). The third-order valence-electron chi connectivity index (χ3n) is 2.80. The van der Waals surface area contributed by atoms with Crippen molar-refractivity contribution in [1.29, 1.82) is 5.26 Å². The van der Waals surface area contributed by atoms with Gasteiger partial charge in [0.25, 0.3) is 0 Å². The molecule has 0 aliphatic rings. The first-order valence-electron chi connectivity index (χ1n) is 6.16. The Bertz CT molecular complexity index is 745. The fraction of sp³-hybridized carbons (Fsp3) is 0.133. The molecule has 6 heteroatoms. The molecule has 5 nitrogen and oxygen atoms in total. The summed E-state index contributed by atoms with van der Waals surface area (Å²) in [5, 5.41) is 8.71. The second kappa shape index (κ2) is 6.29. The molecule has 0 heterocycles. The summed E-state index contributed by atoms with van der Waals surface area (Å²) < 4.78 is 31.7. The van der Waals surface area contributed by atoms with Crippen molar-refractivity contribution in [3.8, 4) is 11.8 Å². The van der Waals surface area contributed by atoms with Crippen LogP contribution in [-0.4, -0.2) is 15.5 Å². The Morgan fingerprint density at radius 1 is 1.10 bits per heavy atom. The molecule has 0 aromatic heterocycles. The van der Waals surface area contributed by atoms with Gasteiger partial charge in [0.1, 0.15) is 5.75 Å². The first kappa shape index (κ1) is 14.9. The minimum absolute atomic E-state index is 0.148. The van der Waals surface area contributed by atoms with Crippen molar-refractivity contribution in [3.63, 3.8) is 0 Å². The Hall–Kier alpha value is -2.52. The number of nitriles is 1. The van der Waals surface area contributed by atoms with Crippen molar-refractivity contribution in [3.05, 3.63) is 59.7 Å². The molecule has 21 heavy (non-hydrogen) atoms. The van der Waals surface area contributed by atoms with E-state index in [-0.39, 0.29) is 5.75 Å². The third kappa shape index (κ3) is 4.23. The highest BCUT2D eigenvalue weighted by molar-refractivity contribution is 7.91. The summed E-state index contributed by atoms with van der Waals surface area (Å²) in [4.78, 5) is 0. The molecule has 0 saturated heterocycles. The lowest BCUT2D eigenvalue weighted by Crippen LogP contribution is -2.15. The summed E-state index contributed by atoms with van der Waals surface area (Å²) in [7, 11) is -1.95. The van der Waals surface area contributed by atoms with Crippen molar-refractivity contribution in [2.75, 3.05) is 11.8 Å². The van der Waals surface area contributed by atoms with Crippen LogP contribution < -0.4 is 9.46 Å². The Kier molecular flexibility index (Phi) is 4.45. The Morgan fingerprint density at radius 3 is 2.24 bits per heavy atom. The van der Waals surface area contributed by atoms with E-state index in [0.717, 1.165) is 0 Å². The first-order chi connectivity index (χ1) is 10.0. The Labute approximate surface area is 123 Å². The number of nitrogens with zero attached hydrogens (tertiary/aromatic N) is 1. The second-order valence-electron chi connectivity index (χ2n) is 4.40. The molecule has 0 atom stereocenters. The minimum atomic E-state index is -3.50. The molecule has 0 bridgehead atoms. The van der Waals surface area contributed by atoms with Crippen molar-refractivity contribution in [2.24, 2.45) is 0 Å². The van der Waals surface area contributed by atoms with Gasteiger partial charge in [0.2, 0.25) is 10.0 Å². The molecule has 0 radical (unpaired) electrons. The van der Waals surface area contributed by atoms with Crippen LogP contribution in [0.15, 0.2) is 48.5 Å². The van der Waals surface area contributed by atoms with Gasteiger partial charge in [-0.25, -0.2) is 8.42 Å². The zero-order chi connectivity index (χ0) is 15.3. The Morgan fingerprint density at radius 2 is 1.71 bits per heavy atom. The van der Waals surface area contributed by atoms with Crippen LogP contribution in [0.4, 0.5) is 5.69 Å². The topological polar surface area (TPSA) is 79.2 Å². The van der Waals surface area contributed by atoms with Gasteiger partial charge in [-0.1, -0.05) is 12.1 Å². The van der Waals surface area contributed by atoms with E-state index in [1.165, 1.54) is 0 Å². The van der Waals surface area contributed by atoms with Gasteiger partial charge in [-0.05, 0) is 42.0 Å². The molecule has 0 amide bonds. The largest absolute Gasteiger partial charge is 0.497 e. The summed E-state index contributed by atoms with van der Waals surface area (Å²) in [6, 6.07) is 15.1.